The zero-order valence-electron chi connectivity index (χ0n) is 13.7. The van der Waals surface area contributed by atoms with Crippen molar-refractivity contribution in [3.05, 3.63) is 24.0 Å². The summed E-state index contributed by atoms with van der Waals surface area (Å²) in [5.74, 6) is 0. The minimum absolute atomic E-state index is 0.206. The molecule has 1 amide bonds. The molecule has 0 radical (unpaired) electrons. The highest BCUT2D eigenvalue weighted by Gasteiger charge is 2.25. The summed E-state index contributed by atoms with van der Waals surface area (Å²) in [6, 6.07) is 4.25. The van der Waals surface area contributed by atoms with Gasteiger partial charge in [0.25, 0.3) is 0 Å². The van der Waals surface area contributed by atoms with E-state index in [1.54, 1.807) is 6.20 Å². The zero-order chi connectivity index (χ0) is 16.0. The van der Waals surface area contributed by atoms with Gasteiger partial charge in [0.1, 0.15) is 5.60 Å². The molecule has 2 rings (SSSR count). The standard InChI is InChI=1S/C16H26N4O2/c1-16(2,3)22-15(21)20-10-5-7-13(8-11-20)17-12-14-6-4-9-18-19-14/h4,6,9,13,17H,5,7-8,10-12H2,1-3H3. The Bertz CT molecular complexity index is 473. The first-order valence-electron chi connectivity index (χ1n) is 7.92. The Morgan fingerprint density at radius 1 is 1.41 bits per heavy atom. The van der Waals surface area contributed by atoms with E-state index in [2.05, 4.69) is 15.5 Å². The van der Waals surface area contributed by atoms with E-state index in [-0.39, 0.29) is 6.09 Å². The van der Waals surface area contributed by atoms with Crippen LogP contribution in [0.4, 0.5) is 4.79 Å². The van der Waals surface area contributed by atoms with Crippen molar-refractivity contribution in [2.75, 3.05) is 13.1 Å². The van der Waals surface area contributed by atoms with Crippen LogP contribution in [0.2, 0.25) is 0 Å². The number of amides is 1. The molecule has 0 saturated carbocycles. The first kappa shape index (κ1) is 16.7. The zero-order valence-corrected chi connectivity index (χ0v) is 13.7. The lowest BCUT2D eigenvalue weighted by molar-refractivity contribution is 0.0256. The molecule has 1 aromatic heterocycles. The molecule has 1 aliphatic heterocycles. The van der Waals surface area contributed by atoms with Gasteiger partial charge in [-0.2, -0.15) is 10.2 Å². The first-order valence-corrected chi connectivity index (χ1v) is 7.92. The second-order valence-electron chi connectivity index (χ2n) is 6.69. The number of hydrogen-bond acceptors (Lipinski definition) is 5. The molecule has 0 aliphatic carbocycles. The predicted octanol–water partition coefficient (Wildman–Crippen LogP) is 2.36. The molecule has 6 heteroatoms. The summed E-state index contributed by atoms with van der Waals surface area (Å²) in [6.07, 6.45) is 4.44. The van der Waals surface area contributed by atoms with Gasteiger partial charge < -0.3 is 15.0 Å². The number of hydrogen-bond donors (Lipinski definition) is 1. The highest BCUT2D eigenvalue weighted by Crippen LogP contribution is 2.15. The van der Waals surface area contributed by atoms with Crippen molar-refractivity contribution >= 4 is 6.09 Å². The molecule has 0 aromatic carbocycles. The van der Waals surface area contributed by atoms with E-state index in [0.717, 1.165) is 38.0 Å². The van der Waals surface area contributed by atoms with Crippen LogP contribution < -0.4 is 5.32 Å². The Labute approximate surface area is 132 Å². The highest BCUT2D eigenvalue weighted by atomic mass is 16.6. The number of likely N-dealkylation sites (tertiary alicyclic amines) is 1. The predicted molar refractivity (Wildman–Crippen MR) is 84.3 cm³/mol. The highest BCUT2D eigenvalue weighted by molar-refractivity contribution is 5.68. The number of carbonyl (C=O) groups excluding carboxylic acids is 1. The number of nitrogens with one attached hydrogen (secondary N) is 1. The van der Waals surface area contributed by atoms with Crippen molar-refractivity contribution in [1.29, 1.82) is 0 Å². The Balaban J connectivity index is 1.78. The average Bonchev–Trinajstić information content (AvgIpc) is 2.70. The van der Waals surface area contributed by atoms with Crippen LogP contribution in [-0.4, -0.2) is 45.9 Å². The third kappa shape index (κ3) is 5.60. The number of aromatic nitrogens is 2. The van der Waals surface area contributed by atoms with Gasteiger partial charge in [-0.05, 0) is 52.2 Å². The smallest absolute Gasteiger partial charge is 0.410 e. The van der Waals surface area contributed by atoms with Gasteiger partial charge in [-0.1, -0.05) is 0 Å². The summed E-state index contributed by atoms with van der Waals surface area (Å²) in [5, 5.41) is 11.5. The molecule has 1 N–H and O–H groups in total. The fraction of sp³-hybridized carbons (Fsp3) is 0.688. The van der Waals surface area contributed by atoms with Gasteiger partial charge in [-0.3, -0.25) is 0 Å². The maximum Gasteiger partial charge on any atom is 0.410 e. The van der Waals surface area contributed by atoms with Gasteiger partial charge >= 0.3 is 6.09 Å². The van der Waals surface area contributed by atoms with Crippen molar-refractivity contribution in [1.82, 2.24) is 20.4 Å². The molecule has 0 spiro atoms. The summed E-state index contributed by atoms with van der Waals surface area (Å²) in [4.78, 5) is 13.9. The molecule has 1 aliphatic rings. The van der Waals surface area contributed by atoms with Crippen molar-refractivity contribution < 1.29 is 9.53 Å². The quantitative estimate of drug-likeness (QED) is 0.928. The van der Waals surface area contributed by atoms with E-state index in [9.17, 15) is 4.79 Å². The van der Waals surface area contributed by atoms with E-state index >= 15 is 0 Å². The van der Waals surface area contributed by atoms with Crippen molar-refractivity contribution in [2.24, 2.45) is 0 Å². The molecule has 122 valence electrons. The molecule has 1 saturated heterocycles. The topological polar surface area (TPSA) is 67.3 Å². The van der Waals surface area contributed by atoms with Crippen LogP contribution in [0, 0.1) is 0 Å². The minimum atomic E-state index is -0.437. The Hall–Kier alpha value is -1.69. The molecular formula is C16H26N4O2. The van der Waals surface area contributed by atoms with E-state index in [1.807, 2.05) is 37.8 Å². The Morgan fingerprint density at radius 2 is 2.23 bits per heavy atom. The third-order valence-electron chi connectivity index (χ3n) is 3.58. The van der Waals surface area contributed by atoms with Crippen LogP contribution >= 0.6 is 0 Å². The largest absolute Gasteiger partial charge is 0.444 e. The fourth-order valence-electron chi connectivity index (χ4n) is 2.49. The van der Waals surface area contributed by atoms with E-state index in [0.29, 0.717) is 12.6 Å². The molecule has 6 nitrogen and oxygen atoms in total. The maximum atomic E-state index is 12.1. The third-order valence-corrected chi connectivity index (χ3v) is 3.58. The van der Waals surface area contributed by atoms with Gasteiger partial charge in [-0.15, -0.1) is 0 Å². The lowest BCUT2D eigenvalue weighted by Crippen LogP contribution is -2.38. The van der Waals surface area contributed by atoms with Gasteiger partial charge in [0.15, 0.2) is 0 Å². The summed E-state index contributed by atoms with van der Waals surface area (Å²) in [6.45, 7) is 7.89. The van der Waals surface area contributed by atoms with Crippen LogP contribution in [0.15, 0.2) is 18.3 Å². The first-order chi connectivity index (χ1) is 10.4. The number of ether oxygens (including phenoxy) is 1. The number of carbonyl (C=O) groups is 1. The second-order valence-corrected chi connectivity index (χ2v) is 6.69. The van der Waals surface area contributed by atoms with Crippen LogP contribution in [0.25, 0.3) is 0 Å². The summed E-state index contributed by atoms with van der Waals surface area (Å²) in [7, 11) is 0. The SMILES string of the molecule is CC(C)(C)OC(=O)N1CCCC(NCc2cccnn2)CC1. The van der Waals surface area contributed by atoms with Gasteiger partial charge in [-0.25, -0.2) is 4.79 Å². The molecular weight excluding hydrogens is 280 g/mol. The monoisotopic (exact) mass is 306 g/mol. The lowest BCUT2D eigenvalue weighted by Gasteiger charge is -2.26. The summed E-state index contributed by atoms with van der Waals surface area (Å²) in [5.41, 5.74) is 0.503. The van der Waals surface area contributed by atoms with E-state index in [1.165, 1.54) is 0 Å². The van der Waals surface area contributed by atoms with Crippen molar-refractivity contribution in [2.45, 2.75) is 58.2 Å². The second kappa shape index (κ2) is 7.54. The van der Waals surface area contributed by atoms with Crippen LogP contribution in [0.3, 0.4) is 0 Å². The van der Waals surface area contributed by atoms with Gasteiger partial charge in [0.05, 0.1) is 5.69 Å². The molecule has 1 fully saturated rings. The van der Waals surface area contributed by atoms with Crippen LogP contribution in [0.5, 0.6) is 0 Å². The maximum absolute atomic E-state index is 12.1. The van der Waals surface area contributed by atoms with Gasteiger partial charge in [0.2, 0.25) is 0 Å². The number of rotatable bonds is 3. The van der Waals surface area contributed by atoms with E-state index < -0.39 is 5.60 Å². The lowest BCUT2D eigenvalue weighted by atomic mass is 10.1. The number of nitrogens with zero attached hydrogens (tertiary/aromatic N) is 3. The van der Waals surface area contributed by atoms with Crippen molar-refractivity contribution in [3.8, 4) is 0 Å². The molecule has 22 heavy (non-hydrogen) atoms. The van der Waals surface area contributed by atoms with Crippen LogP contribution in [0.1, 0.15) is 45.7 Å². The van der Waals surface area contributed by atoms with Gasteiger partial charge in [0, 0.05) is 31.9 Å². The molecule has 1 aromatic rings. The fourth-order valence-corrected chi connectivity index (χ4v) is 2.49. The molecule has 1 atom stereocenters. The minimum Gasteiger partial charge on any atom is -0.444 e. The van der Waals surface area contributed by atoms with Crippen LogP contribution in [-0.2, 0) is 11.3 Å². The molecule has 1 unspecified atom stereocenters. The molecule has 2 heterocycles. The van der Waals surface area contributed by atoms with E-state index in [4.69, 9.17) is 4.74 Å². The molecule has 0 bridgehead atoms. The summed E-state index contributed by atoms with van der Waals surface area (Å²) < 4.78 is 5.45. The Kier molecular flexibility index (Phi) is 5.71. The summed E-state index contributed by atoms with van der Waals surface area (Å²) >= 11 is 0. The normalized spacial score (nSPS) is 19.6. The average molecular weight is 306 g/mol. The van der Waals surface area contributed by atoms with Crippen molar-refractivity contribution in [3.63, 3.8) is 0 Å². The Morgan fingerprint density at radius 3 is 2.91 bits per heavy atom.